The standard InChI is InChI=1S/C27H27F3N4O/c1-4-5-19(7-6-18(2)3)8-9-22-16-23(26-31-33-34-32-26)13-11-20(22)10-12-21-14-15-24(35)17-25(21)27(28,29)30/h4-7,11,13-17,33-35H,8-9H2,1-3H3,(H,31,32)/b5-4-,19-7+. The van der Waals surface area contributed by atoms with Gasteiger partial charge in [0.05, 0.1) is 5.56 Å². The molecule has 0 saturated carbocycles. The normalized spacial score (nSPS) is 13.5. The molecule has 2 aromatic rings. The Labute approximate surface area is 203 Å². The van der Waals surface area contributed by atoms with Crippen LogP contribution in [0.15, 0.2) is 76.9 Å². The van der Waals surface area contributed by atoms with Crippen molar-refractivity contribution in [2.75, 3.05) is 0 Å². The number of nitrogens with one attached hydrogen (secondary N) is 3. The Morgan fingerprint density at radius 2 is 1.80 bits per heavy atom. The molecule has 0 unspecified atom stereocenters. The zero-order valence-corrected chi connectivity index (χ0v) is 19.7. The fourth-order valence-corrected chi connectivity index (χ4v) is 3.40. The van der Waals surface area contributed by atoms with Crippen LogP contribution in [0.2, 0.25) is 0 Å². The lowest BCUT2D eigenvalue weighted by molar-refractivity contribution is -0.137. The molecule has 0 radical (unpaired) electrons. The molecule has 1 aliphatic rings. The van der Waals surface area contributed by atoms with Gasteiger partial charge in [0.25, 0.3) is 0 Å². The Balaban J connectivity index is 2.00. The summed E-state index contributed by atoms with van der Waals surface area (Å²) < 4.78 is 40.3. The van der Waals surface area contributed by atoms with Crippen LogP contribution < -0.4 is 16.5 Å². The molecule has 8 heteroatoms. The largest absolute Gasteiger partial charge is 0.508 e. The number of allylic oxidation sites excluding steroid dienone is 6. The maximum Gasteiger partial charge on any atom is 0.417 e. The third kappa shape index (κ3) is 7.26. The molecule has 3 rings (SSSR count). The highest BCUT2D eigenvalue weighted by atomic mass is 19.4. The van der Waals surface area contributed by atoms with Crippen molar-refractivity contribution in [3.63, 3.8) is 0 Å². The summed E-state index contributed by atoms with van der Waals surface area (Å²) in [5, 5.41) is 13.6. The summed E-state index contributed by atoms with van der Waals surface area (Å²) >= 11 is 0. The first kappa shape index (κ1) is 25.7. The van der Waals surface area contributed by atoms with E-state index < -0.39 is 17.5 Å². The van der Waals surface area contributed by atoms with Crippen LogP contribution in [0.25, 0.3) is 0 Å². The minimum absolute atomic E-state index is 0.196. The van der Waals surface area contributed by atoms with E-state index in [1.165, 1.54) is 17.7 Å². The molecule has 4 N–H and O–H groups in total. The number of halogens is 3. The monoisotopic (exact) mass is 480 g/mol. The first-order valence-electron chi connectivity index (χ1n) is 11.0. The summed E-state index contributed by atoms with van der Waals surface area (Å²) in [4.78, 5) is 0. The fourth-order valence-electron chi connectivity index (χ4n) is 3.40. The number of rotatable bonds is 6. The number of nitrogens with zero attached hydrogens (tertiary/aromatic N) is 1. The number of hydrazone groups is 1. The second kappa shape index (κ2) is 11.4. The molecule has 0 spiro atoms. The molecule has 35 heavy (non-hydrogen) atoms. The first-order valence-corrected chi connectivity index (χ1v) is 11.0. The van der Waals surface area contributed by atoms with Gasteiger partial charge in [-0.1, -0.05) is 41.7 Å². The number of benzene rings is 2. The fraction of sp³-hybridized carbons (Fsp3) is 0.222. The van der Waals surface area contributed by atoms with Crippen LogP contribution in [0.4, 0.5) is 13.2 Å². The van der Waals surface area contributed by atoms with Crippen molar-refractivity contribution < 1.29 is 18.3 Å². The summed E-state index contributed by atoms with van der Waals surface area (Å²) in [5.41, 5.74) is 11.7. The molecule has 0 atom stereocenters. The van der Waals surface area contributed by atoms with Gasteiger partial charge >= 0.3 is 6.18 Å². The third-order valence-corrected chi connectivity index (χ3v) is 5.12. The van der Waals surface area contributed by atoms with Crippen molar-refractivity contribution in [2.45, 2.75) is 39.8 Å². The number of phenolic OH excluding ortho intramolecular Hbond substituents is 1. The lowest BCUT2D eigenvalue weighted by Gasteiger charge is -2.10. The van der Waals surface area contributed by atoms with Gasteiger partial charge in [0, 0.05) is 16.7 Å². The van der Waals surface area contributed by atoms with Gasteiger partial charge < -0.3 is 5.11 Å². The molecule has 1 heterocycles. The number of aromatic hydroxyl groups is 1. The summed E-state index contributed by atoms with van der Waals surface area (Å²) in [6.07, 6.45) is 4.84. The number of phenols is 1. The zero-order chi connectivity index (χ0) is 25.4. The smallest absolute Gasteiger partial charge is 0.417 e. The summed E-state index contributed by atoms with van der Waals surface area (Å²) in [5.74, 6) is 5.70. The molecule has 1 aliphatic heterocycles. The van der Waals surface area contributed by atoms with E-state index in [1.54, 1.807) is 12.1 Å². The van der Waals surface area contributed by atoms with Crippen molar-refractivity contribution >= 4 is 5.84 Å². The van der Waals surface area contributed by atoms with Crippen LogP contribution in [0.3, 0.4) is 0 Å². The van der Waals surface area contributed by atoms with Gasteiger partial charge in [-0.15, -0.1) is 10.6 Å². The number of hydrazine groups is 2. The first-order chi connectivity index (χ1) is 16.7. The van der Waals surface area contributed by atoms with E-state index in [9.17, 15) is 18.3 Å². The highest BCUT2D eigenvalue weighted by Gasteiger charge is 2.33. The molecule has 2 aromatic carbocycles. The SMILES string of the molecule is C/C=C\C(=C/C=C(C)C)CCc1cc(C2=NNNN2)ccc1C#Cc1ccc(O)cc1C(F)(F)F. The van der Waals surface area contributed by atoms with E-state index in [4.69, 9.17) is 0 Å². The molecule has 5 nitrogen and oxygen atoms in total. The molecule has 0 aliphatic carbocycles. The Hall–Kier alpha value is -3.96. The van der Waals surface area contributed by atoms with Crippen molar-refractivity contribution in [2.24, 2.45) is 5.10 Å². The Morgan fingerprint density at radius 3 is 2.46 bits per heavy atom. The van der Waals surface area contributed by atoms with Crippen molar-refractivity contribution in [3.8, 4) is 17.6 Å². The van der Waals surface area contributed by atoms with E-state index in [0.29, 0.717) is 23.9 Å². The molecule has 0 fully saturated rings. The highest BCUT2D eigenvalue weighted by Crippen LogP contribution is 2.34. The van der Waals surface area contributed by atoms with Gasteiger partial charge in [0.2, 0.25) is 0 Å². The van der Waals surface area contributed by atoms with Crippen LogP contribution in [0.5, 0.6) is 5.75 Å². The van der Waals surface area contributed by atoms with Crippen LogP contribution in [-0.4, -0.2) is 10.9 Å². The van der Waals surface area contributed by atoms with E-state index in [0.717, 1.165) is 23.1 Å². The zero-order valence-electron chi connectivity index (χ0n) is 19.7. The molecule has 0 aromatic heterocycles. The lowest BCUT2D eigenvalue weighted by Crippen LogP contribution is -2.35. The minimum Gasteiger partial charge on any atom is -0.508 e. The van der Waals surface area contributed by atoms with Crippen LogP contribution in [-0.2, 0) is 12.6 Å². The van der Waals surface area contributed by atoms with Gasteiger partial charge in [-0.05, 0) is 81.1 Å². The summed E-state index contributed by atoms with van der Waals surface area (Å²) in [6, 6.07) is 8.59. The maximum absolute atomic E-state index is 13.4. The number of alkyl halides is 3. The van der Waals surface area contributed by atoms with E-state index >= 15 is 0 Å². The van der Waals surface area contributed by atoms with Gasteiger partial charge in [0.15, 0.2) is 5.84 Å². The van der Waals surface area contributed by atoms with E-state index in [2.05, 4.69) is 39.5 Å². The second-order valence-corrected chi connectivity index (χ2v) is 8.16. The topological polar surface area (TPSA) is 68.7 Å². The number of amidine groups is 1. The quantitative estimate of drug-likeness (QED) is 0.326. The van der Waals surface area contributed by atoms with Gasteiger partial charge in [-0.25, -0.2) is 5.53 Å². The number of hydrogen-bond acceptors (Lipinski definition) is 5. The van der Waals surface area contributed by atoms with Crippen molar-refractivity contribution in [3.05, 3.63) is 99.7 Å². The lowest BCUT2D eigenvalue weighted by atomic mass is 9.96. The predicted octanol–water partition coefficient (Wildman–Crippen LogP) is 5.49. The van der Waals surface area contributed by atoms with Gasteiger partial charge in [0.1, 0.15) is 5.75 Å². The van der Waals surface area contributed by atoms with E-state index in [1.807, 2.05) is 45.1 Å². The third-order valence-electron chi connectivity index (χ3n) is 5.12. The van der Waals surface area contributed by atoms with Crippen LogP contribution >= 0.6 is 0 Å². The predicted molar refractivity (Wildman–Crippen MR) is 132 cm³/mol. The van der Waals surface area contributed by atoms with Crippen molar-refractivity contribution in [1.82, 2.24) is 16.5 Å². The molecule has 0 amide bonds. The van der Waals surface area contributed by atoms with E-state index in [-0.39, 0.29) is 5.56 Å². The Bertz CT molecular complexity index is 1260. The minimum atomic E-state index is -4.63. The molecule has 0 bridgehead atoms. The average Bonchev–Trinajstić information content (AvgIpc) is 3.34. The average molecular weight is 481 g/mol. The van der Waals surface area contributed by atoms with Gasteiger partial charge in [-0.2, -0.15) is 13.2 Å². The van der Waals surface area contributed by atoms with Gasteiger partial charge in [-0.3, -0.25) is 5.43 Å². The Kier molecular flexibility index (Phi) is 8.39. The Morgan fingerprint density at radius 1 is 1.06 bits per heavy atom. The summed E-state index contributed by atoms with van der Waals surface area (Å²) in [7, 11) is 0. The summed E-state index contributed by atoms with van der Waals surface area (Å²) in [6.45, 7) is 6.00. The van der Waals surface area contributed by atoms with Crippen molar-refractivity contribution in [1.29, 1.82) is 0 Å². The molecular weight excluding hydrogens is 453 g/mol. The molecular formula is C27H27F3N4O. The number of hydrogen-bond donors (Lipinski definition) is 4. The molecule has 0 saturated heterocycles. The highest BCUT2D eigenvalue weighted by molar-refractivity contribution is 5.99. The van der Waals surface area contributed by atoms with Crippen LogP contribution in [0, 0.1) is 11.8 Å². The maximum atomic E-state index is 13.4. The number of aryl methyl sites for hydroxylation is 1. The second-order valence-electron chi connectivity index (χ2n) is 8.16. The van der Waals surface area contributed by atoms with Crippen LogP contribution in [0.1, 0.15) is 55.0 Å². The molecule has 182 valence electrons.